The van der Waals surface area contributed by atoms with Gasteiger partial charge in [-0.3, -0.25) is 9.59 Å². The highest BCUT2D eigenvalue weighted by Gasteiger charge is 2.07. The molecule has 2 N–H and O–H groups in total. The number of hydrogen-bond acceptors (Lipinski definition) is 5. The molecule has 0 heterocycles. The van der Waals surface area contributed by atoms with Crippen molar-refractivity contribution in [3.63, 3.8) is 0 Å². The van der Waals surface area contributed by atoms with Crippen molar-refractivity contribution in [3.8, 4) is 0 Å². The summed E-state index contributed by atoms with van der Waals surface area (Å²) in [6.45, 7) is 3.86. The lowest BCUT2D eigenvalue weighted by molar-refractivity contribution is -0.141. The standard InChI is InChI=1S/C10H20N2O4/c1-3-12(6-7-13)5-4-9(14)11-8-10(15)16-2/h13H,3-8H2,1-2H3,(H,11,14). The molecule has 0 aromatic carbocycles. The summed E-state index contributed by atoms with van der Waals surface area (Å²) in [5.41, 5.74) is 0. The van der Waals surface area contributed by atoms with E-state index in [-0.39, 0.29) is 19.1 Å². The normalized spacial score (nSPS) is 10.2. The monoisotopic (exact) mass is 232 g/mol. The first-order valence-electron chi connectivity index (χ1n) is 5.30. The van der Waals surface area contributed by atoms with E-state index in [1.54, 1.807) is 0 Å². The number of aliphatic hydroxyl groups is 1. The summed E-state index contributed by atoms with van der Waals surface area (Å²) < 4.78 is 4.39. The van der Waals surface area contributed by atoms with E-state index >= 15 is 0 Å². The van der Waals surface area contributed by atoms with Crippen LogP contribution in [0.3, 0.4) is 0 Å². The Balaban J connectivity index is 3.66. The van der Waals surface area contributed by atoms with Gasteiger partial charge < -0.3 is 20.1 Å². The van der Waals surface area contributed by atoms with Gasteiger partial charge in [-0.15, -0.1) is 0 Å². The number of rotatable bonds is 8. The highest BCUT2D eigenvalue weighted by molar-refractivity contribution is 5.81. The molecule has 0 aliphatic heterocycles. The average molecular weight is 232 g/mol. The number of aliphatic hydroxyl groups excluding tert-OH is 1. The molecule has 0 rings (SSSR count). The van der Waals surface area contributed by atoms with Gasteiger partial charge in [-0.1, -0.05) is 6.92 Å². The molecule has 0 radical (unpaired) electrons. The lowest BCUT2D eigenvalue weighted by Gasteiger charge is -2.18. The number of likely N-dealkylation sites (N-methyl/N-ethyl adjacent to an activating group) is 1. The van der Waals surface area contributed by atoms with Crippen LogP contribution in [0, 0.1) is 0 Å². The summed E-state index contributed by atoms with van der Waals surface area (Å²) in [4.78, 5) is 24.0. The third kappa shape index (κ3) is 7.19. The van der Waals surface area contributed by atoms with Gasteiger partial charge in [0.25, 0.3) is 0 Å². The summed E-state index contributed by atoms with van der Waals surface area (Å²) in [6, 6.07) is 0. The highest BCUT2D eigenvalue weighted by atomic mass is 16.5. The molecule has 0 aromatic heterocycles. The van der Waals surface area contributed by atoms with Crippen LogP contribution in [-0.4, -0.2) is 61.8 Å². The van der Waals surface area contributed by atoms with Crippen molar-refractivity contribution < 1.29 is 19.4 Å². The number of nitrogens with one attached hydrogen (secondary N) is 1. The zero-order valence-corrected chi connectivity index (χ0v) is 9.86. The zero-order chi connectivity index (χ0) is 12.4. The molecule has 16 heavy (non-hydrogen) atoms. The Morgan fingerprint density at radius 3 is 2.56 bits per heavy atom. The molecule has 0 saturated carbocycles. The Kier molecular flexibility index (Phi) is 8.46. The van der Waals surface area contributed by atoms with Crippen LogP contribution in [0.15, 0.2) is 0 Å². The van der Waals surface area contributed by atoms with Gasteiger partial charge in [-0.2, -0.15) is 0 Å². The van der Waals surface area contributed by atoms with Crippen LogP contribution in [-0.2, 0) is 14.3 Å². The molecule has 6 nitrogen and oxygen atoms in total. The maximum atomic E-state index is 11.3. The molecular weight excluding hydrogens is 212 g/mol. The van der Waals surface area contributed by atoms with Gasteiger partial charge in [0.2, 0.25) is 5.91 Å². The number of amides is 1. The number of nitrogens with zero attached hydrogens (tertiary/aromatic N) is 1. The Labute approximate surface area is 95.6 Å². The first kappa shape index (κ1) is 14.9. The highest BCUT2D eigenvalue weighted by Crippen LogP contribution is 1.90. The van der Waals surface area contributed by atoms with E-state index in [9.17, 15) is 9.59 Å². The topological polar surface area (TPSA) is 78.9 Å². The van der Waals surface area contributed by atoms with Gasteiger partial charge in [-0.25, -0.2) is 0 Å². The van der Waals surface area contributed by atoms with E-state index in [4.69, 9.17) is 5.11 Å². The van der Waals surface area contributed by atoms with Crippen molar-refractivity contribution in [3.05, 3.63) is 0 Å². The van der Waals surface area contributed by atoms with Crippen LogP contribution in [0.25, 0.3) is 0 Å². The minimum absolute atomic E-state index is 0.0810. The zero-order valence-electron chi connectivity index (χ0n) is 9.86. The molecule has 0 unspecified atom stereocenters. The largest absolute Gasteiger partial charge is 0.468 e. The van der Waals surface area contributed by atoms with Crippen molar-refractivity contribution in [1.29, 1.82) is 0 Å². The van der Waals surface area contributed by atoms with E-state index in [1.165, 1.54) is 7.11 Å². The van der Waals surface area contributed by atoms with E-state index in [0.717, 1.165) is 6.54 Å². The summed E-state index contributed by atoms with van der Waals surface area (Å²) in [5, 5.41) is 11.2. The van der Waals surface area contributed by atoms with Crippen molar-refractivity contribution >= 4 is 11.9 Å². The number of carbonyl (C=O) groups is 2. The molecule has 0 aromatic rings. The summed E-state index contributed by atoms with van der Waals surface area (Å²) in [5.74, 6) is -0.655. The molecule has 0 atom stereocenters. The Morgan fingerprint density at radius 1 is 1.38 bits per heavy atom. The van der Waals surface area contributed by atoms with Gasteiger partial charge in [0.05, 0.1) is 13.7 Å². The van der Waals surface area contributed by atoms with Crippen LogP contribution in [0.4, 0.5) is 0 Å². The van der Waals surface area contributed by atoms with Crippen molar-refractivity contribution in [2.24, 2.45) is 0 Å². The molecule has 0 spiro atoms. The predicted molar refractivity (Wildman–Crippen MR) is 58.8 cm³/mol. The fourth-order valence-corrected chi connectivity index (χ4v) is 1.16. The van der Waals surface area contributed by atoms with Crippen LogP contribution in [0.5, 0.6) is 0 Å². The van der Waals surface area contributed by atoms with Gasteiger partial charge in [0, 0.05) is 19.5 Å². The van der Waals surface area contributed by atoms with Gasteiger partial charge in [0.15, 0.2) is 0 Å². The molecule has 0 fully saturated rings. The van der Waals surface area contributed by atoms with E-state index in [2.05, 4.69) is 10.1 Å². The number of esters is 1. The Morgan fingerprint density at radius 2 is 2.06 bits per heavy atom. The Hall–Kier alpha value is -1.14. The number of methoxy groups -OCH3 is 1. The molecule has 1 amide bonds. The average Bonchev–Trinajstić information content (AvgIpc) is 2.31. The second kappa shape index (κ2) is 9.11. The fraction of sp³-hybridized carbons (Fsp3) is 0.800. The van der Waals surface area contributed by atoms with Crippen LogP contribution >= 0.6 is 0 Å². The van der Waals surface area contributed by atoms with Crippen LogP contribution < -0.4 is 5.32 Å². The lowest BCUT2D eigenvalue weighted by atomic mass is 10.3. The lowest BCUT2D eigenvalue weighted by Crippen LogP contribution is -2.34. The minimum Gasteiger partial charge on any atom is -0.468 e. The van der Waals surface area contributed by atoms with Gasteiger partial charge in [0.1, 0.15) is 6.54 Å². The molecule has 0 aliphatic rings. The van der Waals surface area contributed by atoms with Gasteiger partial charge >= 0.3 is 5.97 Å². The summed E-state index contributed by atoms with van der Waals surface area (Å²) >= 11 is 0. The van der Waals surface area contributed by atoms with E-state index < -0.39 is 5.97 Å². The van der Waals surface area contributed by atoms with Crippen LogP contribution in [0.2, 0.25) is 0 Å². The number of hydrogen-bond donors (Lipinski definition) is 2. The smallest absolute Gasteiger partial charge is 0.325 e. The van der Waals surface area contributed by atoms with E-state index in [1.807, 2.05) is 11.8 Å². The molecule has 0 bridgehead atoms. The van der Waals surface area contributed by atoms with Crippen molar-refractivity contribution in [2.45, 2.75) is 13.3 Å². The molecule has 6 heteroatoms. The molecule has 94 valence electrons. The SMILES string of the molecule is CCN(CCO)CCC(=O)NCC(=O)OC. The predicted octanol–water partition coefficient (Wildman–Crippen LogP) is -1.02. The third-order valence-electron chi connectivity index (χ3n) is 2.18. The quantitative estimate of drug-likeness (QED) is 0.524. The third-order valence-corrected chi connectivity index (χ3v) is 2.18. The maximum Gasteiger partial charge on any atom is 0.325 e. The maximum absolute atomic E-state index is 11.3. The second-order valence-corrected chi connectivity index (χ2v) is 3.26. The first-order chi connectivity index (χ1) is 7.63. The molecule has 0 aliphatic carbocycles. The number of carbonyl (C=O) groups excluding carboxylic acids is 2. The number of ether oxygens (including phenoxy) is 1. The second-order valence-electron chi connectivity index (χ2n) is 3.26. The summed E-state index contributed by atoms with van der Waals surface area (Å²) in [6.07, 6.45) is 0.310. The van der Waals surface area contributed by atoms with Gasteiger partial charge in [-0.05, 0) is 6.54 Å². The van der Waals surface area contributed by atoms with Crippen LogP contribution in [0.1, 0.15) is 13.3 Å². The van der Waals surface area contributed by atoms with E-state index in [0.29, 0.717) is 19.5 Å². The molecule has 0 saturated heterocycles. The Bertz CT molecular complexity index is 221. The van der Waals surface area contributed by atoms with Crippen molar-refractivity contribution in [1.82, 2.24) is 10.2 Å². The fourth-order valence-electron chi connectivity index (χ4n) is 1.16. The summed E-state index contributed by atoms with van der Waals surface area (Å²) in [7, 11) is 1.27. The van der Waals surface area contributed by atoms with Crippen molar-refractivity contribution in [2.75, 3.05) is 39.9 Å². The minimum atomic E-state index is -0.462. The molecular formula is C10H20N2O4. The first-order valence-corrected chi connectivity index (χ1v) is 5.30.